The van der Waals surface area contributed by atoms with Crippen LogP contribution in [0.5, 0.6) is 0 Å². The third-order valence-corrected chi connectivity index (χ3v) is 2.13. The maximum absolute atomic E-state index is 10.3. The number of thiol groups is 1. The van der Waals surface area contributed by atoms with Gasteiger partial charge in [-0.2, -0.15) is 0 Å². The summed E-state index contributed by atoms with van der Waals surface area (Å²) in [6.45, 7) is 0. The summed E-state index contributed by atoms with van der Waals surface area (Å²) < 4.78 is 0. The molecule has 0 atom stereocenters. The van der Waals surface area contributed by atoms with Gasteiger partial charge in [0.15, 0.2) is 0 Å². The van der Waals surface area contributed by atoms with Crippen molar-refractivity contribution in [2.45, 2.75) is 4.90 Å². The number of hydrazine groups is 1. The molecule has 0 aromatic heterocycles. The van der Waals surface area contributed by atoms with E-state index in [0.717, 1.165) is 6.08 Å². The molecule has 0 heterocycles. The van der Waals surface area contributed by atoms with E-state index in [4.69, 9.17) is 10.9 Å². The van der Waals surface area contributed by atoms with Crippen molar-refractivity contribution in [1.82, 2.24) is 0 Å². The zero-order chi connectivity index (χ0) is 10.6. The molecule has 0 saturated carbocycles. The van der Waals surface area contributed by atoms with Gasteiger partial charge in [0, 0.05) is 11.0 Å². The second kappa shape index (κ2) is 4.69. The largest absolute Gasteiger partial charge is 0.478 e. The first-order chi connectivity index (χ1) is 6.65. The summed E-state index contributed by atoms with van der Waals surface area (Å²) in [5.41, 5.74) is 3.82. The van der Waals surface area contributed by atoms with Crippen molar-refractivity contribution in [3.63, 3.8) is 0 Å². The summed E-state index contributed by atoms with van der Waals surface area (Å²) >= 11 is 4.21. The van der Waals surface area contributed by atoms with Crippen LogP contribution in [0.2, 0.25) is 0 Å². The van der Waals surface area contributed by atoms with Gasteiger partial charge in [0.1, 0.15) is 0 Å². The Kier molecular flexibility index (Phi) is 3.55. The molecule has 74 valence electrons. The maximum Gasteiger partial charge on any atom is 0.328 e. The first-order valence-electron chi connectivity index (χ1n) is 3.84. The molecule has 0 saturated heterocycles. The molecule has 4 nitrogen and oxygen atoms in total. The molecule has 4 N–H and O–H groups in total. The molecule has 0 unspecified atom stereocenters. The monoisotopic (exact) mass is 210 g/mol. The van der Waals surface area contributed by atoms with E-state index in [0.29, 0.717) is 16.1 Å². The third-order valence-electron chi connectivity index (χ3n) is 1.63. The van der Waals surface area contributed by atoms with E-state index in [-0.39, 0.29) is 0 Å². The van der Waals surface area contributed by atoms with Crippen LogP contribution in [0.25, 0.3) is 6.08 Å². The van der Waals surface area contributed by atoms with Crippen molar-refractivity contribution in [3.8, 4) is 0 Å². The molecule has 0 aliphatic heterocycles. The van der Waals surface area contributed by atoms with Gasteiger partial charge in [0.05, 0.1) is 5.69 Å². The van der Waals surface area contributed by atoms with Crippen LogP contribution < -0.4 is 11.3 Å². The molecule has 0 radical (unpaired) electrons. The number of carboxylic acids is 1. The highest BCUT2D eigenvalue weighted by Crippen LogP contribution is 2.23. The van der Waals surface area contributed by atoms with Crippen LogP contribution in [0.1, 0.15) is 5.56 Å². The number of nitrogen functional groups attached to an aromatic ring is 1. The second-order valence-corrected chi connectivity index (χ2v) is 3.01. The van der Waals surface area contributed by atoms with E-state index in [2.05, 4.69) is 18.1 Å². The number of nitrogens with one attached hydrogen (secondary N) is 1. The fourth-order valence-corrected chi connectivity index (χ4v) is 1.26. The van der Waals surface area contributed by atoms with Crippen molar-refractivity contribution in [2.75, 3.05) is 5.43 Å². The fraction of sp³-hybridized carbons (Fsp3) is 0. The van der Waals surface area contributed by atoms with Gasteiger partial charge in [0.2, 0.25) is 0 Å². The van der Waals surface area contributed by atoms with Gasteiger partial charge in [-0.3, -0.25) is 5.84 Å². The van der Waals surface area contributed by atoms with E-state index in [1.165, 1.54) is 6.08 Å². The van der Waals surface area contributed by atoms with Gasteiger partial charge in [-0.1, -0.05) is 12.1 Å². The number of nitrogens with two attached hydrogens (primary N) is 1. The topological polar surface area (TPSA) is 75.3 Å². The summed E-state index contributed by atoms with van der Waals surface area (Å²) in [5.74, 6) is 4.24. The number of hydrogen-bond acceptors (Lipinski definition) is 4. The molecule has 1 aromatic carbocycles. The summed E-state index contributed by atoms with van der Waals surface area (Å²) in [4.78, 5) is 10.9. The zero-order valence-corrected chi connectivity index (χ0v) is 8.16. The maximum atomic E-state index is 10.3. The first kappa shape index (κ1) is 10.6. The van der Waals surface area contributed by atoms with Crippen molar-refractivity contribution >= 4 is 30.4 Å². The lowest BCUT2D eigenvalue weighted by Gasteiger charge is -2.05. The Hall–Kier alpha value is -1.46. The minimum Gasteiger partial charge on any atom is -0.478 e. The van der Waals surface area contributed by atoms with Gasteiger partial charge in [-0.25, -0.2) is 4.79 Å². The van der Waals surface area contributed by atoms with Crippen LogP contribution in [0.4, 0.5) is 5.69 Å². The summed E-state index contributed by atoms with van der Waals surface area (Å²) in [7, 11) is 0. The van der Waals surface area contributed by atoms with Gasteiger partial charge in [-0.15, -0.1) is 12.6 Å². The molecule has 0 bridgehead atoms. The van der Waals surface area contributed by atoms with Crippen LogP contribution in [0.15, 0.2) is 29.2 Å². The number of carbonyl (C=O) groups is 1. The lowest BCUT2D eigenvalue weighted by atomic mass is 10.2. The van der Waals surface area contributed by atoms with Crippen molar-refractivity contribution < 1.29 is 9.90 Å². The molecular weight excluding hydrogens is 200 g/mol. The molecule has 0 fully saturated rings. The Balaban J connectivity index is 3.03. The molecule has 5 heteroatoms. The van der Waals surface area contributed by atoms with Crippen LogP contribution in [-0.4, -0.2) is 11.1 Å². The molecule has 0 aliphatic carbocycles. The summed E-state index contributed by atoms with van der Waals surface area (Å²) in [6.07, 6.45) is 2.51. The average molecular weight is 210 g/mol. The Morgan fingerprint density at radius 2 is 2.29 bits per heavy atom. The predicted molar refractivity (Wildman–Crippen MR) is 58.2 cm³/mol. The molecule has 0 spiro atoms. The van der Waals surface area contributed by atoms with Gasteiger partial charge in [0.25, 0.3) is 0 Å². The predicted octanol–water partition coefficient (Wildman–Crippen LogP) is 1.36. The first-order valence-corrected chi connectivity index (χ1v) is 4.29. The van der Waals surface area contributed by atoms with Gasteiger partial charge < -0.3 is 10.5 Å². The number of benzene rings is 1. The standard InChI is InChI=1S/C9H10N2O2S/c10-11-7-3-1-2-6(9(7)14)4-5-8(12)13/h1-5,11,14H,10H2,(H,12,13)/b5-4+. The SMILES string of the molecule is NNc1cccc(/C=C/C(=O)O)c1S. The van der Waals surface area contributed by atoms with E-state index < -0.39 is 5.97 Å². The van der Waals surface area contributed by atoms with Crippen molar-refractivity contribution in [3.05, 3.63) is 29.8 Å². The van der Waals surface area contributed by atoms with E-state index in [9.17, 15) is 4.79 Å². The number of anilines is 1. The molecule has 0 aliphatic rings. The minimum atomic E-state index is -0.996. The minimum absolute atomic E-state index is 0.618. The summed E-state index contributed by atoms with van der Waals surface area (Å²) in [5, 5.41) is 8.44. The molecule has 1 aromatic rings. The third kappa shape index (κ3) is 2.51. The molecule has 0 amide bonds. The van der Waals surface area contributed by atoms with Crippen molar-refractivity contribution in [2.24, 2.45) is 5.84 Å². The Morgan fingerprint density at radius 3 is 2.86 bits per heavy atom. The van der Waals surface area contributed by atoms with Gasteiger partial charge in [-0.05, 0) is 17.7 Å². The Morgan fingerprint density at radius 1 is 1.57 bits per heavy atom. The molecule has 14 heavy (non-hydrogen) atoms. The Labute approximate surface area is 86.8 Å². The lowest BCUT2D eigenvalue weighted by molar-refractivity contribution is -0.131. The number of carboxylic acid groups (broad SMARTS) is 1. The average Bonchev–Trinajstić information content (AvgIpc) is 2.16. The molecular formula is C9H10N2O2S. The lowest BCUT2D eigenvalue weighted by Crippen LogP contribution is -2.07. The highest BCUT2D eigenvalue weighted by molar-refractivity contribution is 7.80. The smallest absolute Gasteiger partial charge is 0.328 e. The number of hydrogen-bond donors (Lipinski definition) is 4. The number of aliphatic carboxylic acids is 1. The van der Waals surface area contributed by atoms with E-state index >= 15 is 0 Å². The van der Waals surface area contributed by atoms with E-state index in [1.54, 1.807) is 18.2 Å². The highest BCUT2D eigenvalue weighted by atomic mass is 32.1. The van der Waals surface area contributed by atoms with Crippen molar-refractivity contribution in [1.29, 1.82) is 0 Å². The van der Waals surface area contributed by atoms with Crippen LogP contribution in [0.3, 0.4) is 0 Å². The normalized spacial score (nSPS) is 10.4. The number of rotatable bonds is 3. The Bertz CT molecular complexity index is 377. The van der Waals surface area contributed by atoms with Crippen LogP contribution in [-0.2, 0) is 4.79 Å². The second-order valence-electron chi connectivity index (χ2n) is 2.56. The quantitative estimate of drug-likeness (QED) is 0.263. The van der Waals surface area contributed by atoms with Crippen LogP contribution in [0, 0.1) is 0 Å². The van der Waals surface area contributed by atoms with E-state index in [1.807, 2.05) is 0 Å². The fourth-order valence-electron chi connectivity index (χ4n) is 0.973. The summed E-state index contributed by atoms with van der Waals surface area (Å²) in [6, 6.07) is 5.26. The van der Waals surface area contributed by atoms with Gasteiger partial charge >= 0.3 is 5.97 Å². The molecule has 1 rings (SSSR count). The van der Waals surface area contributed by atoms with Crippen LogP contribution >= 0.6 is 12.6 Å². The highest BCUT2D eigenvalue weighted by Gasteiger charge is 2.00. The zero-order valence-electron chi connectivity index (χ0n) is 7.27.